The summed E-state index contributed by atoms with van der Waals surface area (Å²) >= 11 is 0. The molecule has 0 saturated heterocycles. The number of phenolic OH excluding ortho intramolecular Hbond substituents is 1. The van der Waals surface area contributed by atoms with Gasteiger partial charge in [-0.15, -0.1) is 0 Å². The van der Waals surface area contributed by atoms with Gasteiger partial charge in [0, 0.05) is 5.56 Å². The zero-order valence-electron chi connectivity index (χ0n) is 8.41. The van der Waals surface area contributed by atoms with Gasteiger partial charge < -0.3 is 5.11 Å². The van der Waals surface area contributed by atoms with E-state index in [1.54, 1.807) is 6.07 Å². The molecule has 0 heterocycles. The Bertz CT molecular complexity index is 305. The third-order valence-electron chi connectivity index (χ3n) is 1.70. The fourth-order valence-corrected chi connectivity index (χ4v) is 0.968. The maximum Gasteiger partial charge on any atom is 0.122 e. The van der Waals surface area contributed by atoms with Crippen molar-refractivity contribution in [2.24, 2.45) is 5.41 Å². The van der Waals surface area contributed by atoms with E-state index < -0.39 is 0 Å². The fourth-order valence-electron chi connectivity index (χ4n) is 0.968. The lowest BCUT2D eigenvalue weighted by atomic mass is 9.95. The van der Waals surface area contributed by atoms with Crippen molar-refractivity contribution in [1.29, 1.82) is 0 Å². The van der Waals surface area contributed by atoms with Crippen LogP contribution in [0.2, 0.25) is 0 Å². The van der Waals surface area contributed by atoms with E-state index in [1.165, 1.54) is 0 Å². The van der Waals surface area contributed by atoms with Gasteiger partial charge in [0.15, 0.2) is 0 Å². The van der Waals surface area contributed by atoms with Crippen molar-refractivity contribution in [3.8, 4) is 5.75 Å². The van der Waals surface area contributed by atoms with Gasteiger partial charge in [0.2, 0.25) is 0 Å². The second-order valence-electron chi connectivity index (χ2n) is 4.26. The molecule has 0 spiro atoms. The van der Waals surface area contributed by atoms with Gasteiger partial charge in [0.05, 0.1) is 0 Å². The van der Waals surface area contributed by atoms with Crippen LogP contribution in [0.5, 0.6) is 5.75 Å². The molecule has 0 amide bonds. The van der Waals surface area contributed by atoms with E-state index in [0.29, 0.717) is 5.75 Å². The van der Waals surface area contributed by atoms with Crippen molar-refractivity contribution in [2.45, 2.75) is 20.8 Å². The largest absolute Gasteiger partial charge is 0.507 e. The SMILES string of the molecule is CC(C)(C)C=Cc1ccccc1O. The first-order chi connectivity index (χ1) is 5.99. The summed E-state index contributed by atoms with van der Waals surface area (Å²) in [5, 5.41) is 9.46. The van der Waals surface area contributed by atoms with Gasteiger partial charge >= 0.3 is 0 Å². The van der Waals surface area contributed by atoms with Gasteiger partial charge in [-0.05, 0) is 11.5 Å². The van der Waals surface area contributed by atoms with E-state index in [2.05, 4.69) is 26.8 Å². The highest BCUT2D eigenvalue weighted by Gasteiger charge is 2.04. The summed E-state index contributed by atoms with van der Waals surface area (Å²) < 4.78 is 0. The molecule has 13 heavy (non-hydrogen) atoms. The molecular weight excluding hydrogens is 160 g/mol. The molecule has 0 bridgehead atoms. The van der Waals surface area contributed by atoms with Crippen LogP contribution in [-0.2, 0) is 0 Å². The molecule has 0 unspecified atom stereocenters. The summed E-state index contributed by atoms with van der Waals surface area (Å²) in [6.45, 7) is 6.39. The molecule has 1 nitrogen and oxygen atoms in total. The molecule has 0 aliphatic carbocycles. The second-order valence-corrected chi connectivity index (χ2v) is 4.26. The Morgan fingerprint density at radius 3 is 2.31 bits per heavy atom. The summed E-state index contributed by atoms with van der Waals surface area (Å²) in [4.78, 5) is 0. The number of aromatic hydroxyl groups is 1. The molecule has 0 aliphatic rings. The van der Waals surface area contributed by atoms with Gasteiger partial charge in [-0.25, -0.2) is 0 Å². The quantitative estimate of drug-likeness (QED) is 0.694. The third-order valence-corrected chi connectivity index (χ3v) is 1.70. The Balaban J connectivity index is 2.86. The Hall–Kier alpha value is -1.24. The van der Waals surface area contributed by atoms with Crippen molar-refractivity contribution in [3.05, 3.63) is 35.9 Å². The molecule has 0 fully saturated rings. The van der Waals surface area contributed by atoms with Crippen LogP contribution in [0.4, 0.5) is 0 Å². The van der Waals surface area contributed by atoms with E-state index in [-0.39, 0.29) is 5.41 Å². The first kappa shape index (κ1) is 9.85. The number of hydrogen-bond donors (Lipinski definition) is 1. The van der Waals surface area contributed by atoms with Gasteiger partial charge in [-0.3, -0.25) is 0 Å². The highest BCUT2D eigenvalue weighted by molar-refractivity contribution is 5.56. The number of rotatable bonds is 1. The van der Waals surface area contributed by atoms with Crippen LogP contribution in [0.1, 0.15) is 26.3 Å². The molecule has 1 rings (SSSR count). The van der Waals surface area contributed by atoms with Crippen molar-refractivity contribution in [3.63, 3.8) is 0 Å². The Labute approximate surface area is 79.7 Å². The van der Waals surface area contributed by atoms with Crippen LogP contribution >= 0.6 is 0 Å². The predicted octanol–water partition coefficient (Wildman–Crippen LogP) is 3.45. The van der Waals surface area contributed by atoms with E-state index in [4.69, 9.17) is 0 Å². The average Bonchev–Trinajstić information content (AvgIpc) is 2.01. The van der Waals surface area contributed by atoms with E-state index in [9.17, 15) is 5.11 Å². The lowest BCUT2D eigenvalue weighted by Gasteiger charge is -2.11. The van der Waals surface area contributed by atoms with E-state index in [0.717, 1.165) is 5.56 Å². The van der Waals surface area contributed by atoms with Crippen LogP contribution in [0.15, 0.2) is 30.3 Å². The Morgan fingerprint density at radius 2 is 1.77 bits per heavy atom. The van der Waals surface area contributed by atoms with Gasteiger partial charge in [0.1, 0.15) is 5.75 Å². The molecule has 0 aliphatic heterocycles. The Kier molecular flexibility index (Phi) is 2.76. The minimum Gasteiger partial charge on any atom is -0.507 e. The number of phenols is 1. The molecule has 1 aromatic rings. The Morgan fingerprint density at radius 1 is 1.15 bits per heavy atom. The smallest absolute Gasteiger partial charge is 0.122 e. The van der Waals surface area contributed by atoms with Crippen LogP contribution < -0.4 is 0 Å². The lowest BCUT2D eigenvalue weighted by Crippen LogP contribution is -1.97. The molecule has 0 radical (unpaired) electrons. The van der Waals surface area contributed by atoms with E-state index >= 15 is 0 Å². The fraction of sp³-hybridized carbons (Fsp3) is 0.333. The highest BCUT2D eigenvalue weighted by atomic mass is 16.3. The summed E-state index contributed by atoms with van der Waals surface area (Å²) in [6, 6.07) is 7.34. The molecule has 0 aromatic heterocycles. The number of allylic oxidation sites excluding steroid dienone is 1. The third kappa shape index (κ3) is 3.32. The highest BCUT2D eigenvalue weighted by Crippen LogP contribution is 2.21. The van der Waals surface area contributed by atoms with Crippen molar-refractivity contribution < 1.29 is 5.11 Å². The molecule has 0 atom stereocenters. The molecular formula is C12H16O. The van der Waals surface area contributed by atoms with Crippen molar-refractivity contribution in [1.82, 2.24) is 0 Å². The van der Waals surface area contributed by atoms with Crippen LogP contribution in [0, 0.1) is 5.41 Å². The van der Waals surface area contributed by atoms with Gasteiger partial charge in [-0.1, -0.05) is 51.1 Å². The first-order valence-corrected chi connectivity index (χ1v) is 4.46. The normalized spacial score (nSPS) is 12.2. The average molecular weight is 176 g/mol. The minimum atomic E-state index is 0.155. The lowest BCUT2D eigenvalue weighted by molar-refractivity contribution is 0.474. The topological polar surface area (TPSA) is 20.2 Å². The van der Waals surface area contributed by atoms with Gasteiger partial charge in [-0.2, -0.15) is 0 Å². The summed E-state index contributed by atoms with van der Waals surface area (Å²) in [5.41, 5.74) is 1.03. The van der Waals surface area contributed by atoms with Crippen LogP contribution in [0.25, 0.3) is 6.08 Å². The molecule has 1 aromatic carbocycles. The monoisotopic (exact) mass is 176 g/mol. The summed E-state index contributed by atoms with van der Waals surface area (Å²) in [6.07, 6.45) is 4.04. The standard InChI is InChI=1S/C12H16O/c1-12(2,3)9-8-10-6-4-5-7-11(10)13/h4-9,13H,1-3H3. The predicted molar refractivity (Wildman–Crippen MR) is 56.6 cm³/mol. The maximum atomic E-state index is 9.46. The zero-order chi connectivity index (χ0) is 9.90. The van der Waals surface area contributed by atoms with Crippen molar-refractivity contribution in [2.75, 3.05) is 0 Å². The number of benzene rings is 1. The number of para-hydroxylation sites is 1. The molecule has 1 heteroatoms. The van der Waals surface area contributed by atoms with Crippen LogP contribution in [-0.4, -0.2) is 5.11 Å². The molecule has 70 valence electrons. The summed E-state index contributed by atoms with van der Waals surface area (Å²) in [5.74, 6) is 0.336. The second kappa shape index (κ2) is 3.65. The molecule has 1 N–H and O–H groups in total. The minimum absolute atomic E-state index is 0.155. The van der Waals surface area contributed by atoms with E-state index in [1.807, 2.05) is 24.3 Å². The summed E-state index contributed by atoms with van der Waals surface area (Å²) in [7, 11) is 0. The molecule has 0 saturated carbocycles. The zero-order valence-corrected chi connectivity index (χ0v) is 8.41. The van der Waals surface area contributed by atoms with Crippen molar-refractivity contribution >= 4 is 6.08 Å². The maximum absolute atomic E-state index is 9.46. The first-order valence-electron chi connectivity index (χ1n) is 4.46. The van der Waals surface area contributed by atoms with Gasteiger partial charge in [0.25, 0.3) is 0 Å². The number of hydrogen-bond acceptors (Lipinski definition) is 1. The van der Waals surface area contributed by atoms with Crippen LogP contribution in [0.3, 0.4) is 0 Å².